The summed E-state index contributed by atoms with van der Waals surface area (Å²) in [6, 6.07) is 16.3. The van der Waals surface area contributed by atoms with E-state index in [4.69, 9.17) is 4.42 Å². The van der Waals surface area contributed by atoms with Crippen LogP contribution in [-0.2, 0) is 10.2 Å². The van der Waals surface area contributed by atoms with Gasteiger partial charge >= 0.3 is 0 Å². The Morgan fingerprint density at radius 2 is 1.94 bits per heavy atom. The van der Waals surface area contributed by atoms with Crippen LogP contribution in [0.15, 0.2) is 65.2 Å². The van der Waals surface area contributed by atoms with Gasteiger partial charge < -0.3 is 4.42 Å². The minimum atomic E-state index is -0.522. The third-order valence-electron chi connectivity index (χ3n) is 7.71. The summed E-state index contributed by atoms with van der Waals surface area (Å²) in [5.74, 6) is 1.57. The van der Waals surface area contributed by atoms with Crippen molar-refractivity contribution in [2.75, 3.05) is 19.6 Å². The zero-order valence-electron chi connectivity index (χ0n) is 19.6. The van der Waals surface area contributed by atoms with E-state index in [-0.39, 0.29) is 5.92 Å². The van der Waals surface area contributed by atoms with Gasteiger partial charge in [-0.25, -0.2) is 0 Å². The van der Waals surface area contributed by atoms with E-state index in [0.717, 1.165) is 67.7 Å². The van der Waals surface area contributed by atoms with Crippen LogP contribution in [-0.4, -0.2) is 35.3 Å². The third kappa shape index (κ3) is 4.67. The minimum absolute atomic E-state index is 0.187. The average molecular weight is 443 g/mol. The van der Waals surface area contributed by atoms with Crippen molar-refractivity contribution < 1.29 is 9.21 Å². The van der Waals surface area contributed by atoms with Crippen LogP contribution in [0.5, 0.6) is 0 Å². The number of ketones is 1. The van der Waals surface area contributed by atoms with Crippen LogP contribution in [0.2, 0.25) is 0 Å². The maximum Gasteiger partial charge on any atom is 0.147 e. The van der Waals surface area contributed by atoms with Crippen LogP contribution in [0, 0.1) is 5.92 Å². The van der Waals surface area contributed by atoms with E-state index in [1.165, 1.54) is 24.8 Å². The molecule has 1 unspecified atom stereocenters. The lowest BCUT2D eigenvalue weighted by atomic mass is 9.70. The molecule has 3 heterocycles. The third-order valence-corrected chi connectivity index (χ3v) is 7.71. The van der Waals surface area contributed by atoms with E-state index in [1.807, 2.05) is 42.6 Å². The summed E-state index contributed by atoms with van der Waals surface area (Å²) in [5, 5.41) is 1.16. The van der Waals surface area contributed by atoms with Gasteiger partial charge in [-0.15, -0.1) is 0 Å². The van der Waals surface area contributed by atoms with Crippen molar-refractivity contribution in [3.05, 3.63) is 72.3 Å². The molecule has 1 aliphatic heterocycles. The molecule has 4 nitrogen and oxygen atoms in total. The quantitative estimate of drug-likeness (QED) is 0.424. The summed E-state index contributed by atoms with van der Waals surface area (Å²) < 4.78 is 6.07. The van der Waals surface area contributed by atoms with Gasteiger partial charge in [0.1, 0.15) is 17.1 Å². The van der Waals surface area contributed by atoms with E-state index < -0.39 is 5.41 Å². The number of hydrogen-bond donors (Lipinski definition) is 0. The molecule has 1 aliphatic carbocycles. The van der Waals surface area contributed by atoms with Gasteiger partial charge in [0.05, 0.1) is 11.1 Å². The minimum Gasteiger partial charge on any atom is -0.456 e. The van der Waals surface area contributed by atoms with E-state index in [9.17, 15) is 4.79 Å². The maximum atomic E-state index is 13.7. The van der Waals surface area contributed by atoms with E-state index in [2.05, 4.69) is 35.0 Å². The average Bonchev–Trinajstić information content (AvgIpc) is 3.32. The lowest BCUT2D eigenvalue weighted by Gasteiger charge is -2.35. The highest BCUT2D eigenvalue weighted by Crippen LogP contribution is 2.36. The van der Waals surface area contributed by atoms with Crippen LogP contribution in [0.25, 0.3) is 16.5 Å². The van der Waals surface area contributed by atoms with Crippen molar-refractivity contribution in [3.8, 4) is 0 Å². The number of nitrogens with zero attached hydrogens (tertiary/aromatic N) is 2. The fourth-order valence-corrected chi connectivity index (χ4v) is 5.54. The molecule has 0 N–H and O–H groups in total. The Balaban J connectivity index is 1.28. The van der Waals surface area contributed by atoms with Gasteiger partial charge in [0.15, 0.2) is 0 Å². The van der Waals surface area contributed by atoms with E-state index in [0.29, 0.717) is 5.78 Å². The second-order valence-corrected chi connectivity index (χ2v) is 9.92. The molecule has 5 rings (SSSR count). The van der Waals surface area contributed by atoms with Crippen LogP contribution in [0.3, 0.4) is 0 Å². The number of hydrogen-bond acceptors (Lipinski definition) is 4. The highest BCUT2D eigenvalue weighted by atomic mass is 16.3. The molecular weight excluding hydrogens is 408 g/mol. The first-order chi connectivity index (χ1) is 16.1. The van der Waals surface area contributed by atoms with Gasteiger partial charge in [-0.1, -0.05) is 49.6 Å². The number of pyridine rings is 1. The number of carbonyl (C=O) groups excluding carboxylic acids is 1. The number of Topliss-reactive ketones (excluding diaryl/α,β-unsaturated/α-hetero) is 1. The van der Waals surface area contributed by atoms with Crippen LogP contribution < -0.4 is 0 Å². The van der Waals surface area contributed by atoms with Gasteiger partial charge in [0.2, 0.25) is 0 Å². The second kappa shape index (κ2) is 9.64. The maximum absolute atomic E-state index is 13.7. The van der Waals surface area contributed by atoms with Gasteiger partial charge in [-0.3, -0.25) is 14.7 Å². The monoisotopic (exact) mass is 442 g/mol. The standard InChI is InChI=1S/C29H34N2O2/c1-29(27-13-7-8-17-30-27,28(32)23-9-3-2-4-10-23)16-20-31-18-14-22(15-19-31)26-21-24-11-5-6-12-25(24)33-26/h5-8,11-14,17,21,23H,2-4,9-10,15-16,18-20H2,1H3. The van der Waals surface area contributed by atoms with Gasteiger partial charge in [-0.05, 0) is 69.0 Å². The molecule has 1 atom stereocenters. The van der Waals surface area contributed by atoms with Crippen molar-refractivity contribution in [1.82, 2.24) is 9.88 Å². The van der Waals surface area contributed by atoms with Gasteiger partial charge in [0, 0.05) is 30.6 Å². The number of aromatic nitrogens is 1. The Bertz CT molecular complexity index is 1090. The molecule has 0 amide bonds. The van der Waals surface area contributed by atoms with Crippen molar-refractivity contribution in [2.24, 2.45) is 5.92 Å². The first-order valence-corrected chi connectivity index (χ1v) is 12.5. The topological polar surface area (TPSA) is 46.3 Å². The molecule has 0 radical (unpaired) electrons. The van der Waals surface area contributed by atoms with Crippen LogP contribution in [0.1, 0.15) is 63.3 Å². The number of rotatable bonds is 7. The number of benzene rings is 1. The van der Waals surface area contributed by atoms with Crippen LogP contribution in [0.4, 0.5) is 0 Å². The summed E-state index contributed by atoms with van der Waals surface area (Å²) in [6.45, 7) is 4.91. The summed E-state index contributed by atoms with van der Waals surface area (Å²) in [6.07, 6.45) is 11.6. The number of carbonyl (C=O) groups is 1. The lowest BCUT2D eigenvalue weighted by molar-refractivity contribution is -0.129. The van der Waals surface area contributed by atoms with Gasteiger partial charge in [-0.2, -0.15) is 0 Å². The molecule has 4 heteroatoms. The Hall–Kier alpha value is -2.72. The number of furan rings is 1. The molecular formula is C29H34N2O2. The molecule has 172 valence electrons. The predicted molar refractivity (Wildman–Crippen MR) is 133 cm³/mol. The van der Waals surface area contributed by atoms with Gasteiger partial charge in [0.25, 0.3) is 0 Å². The molecule has 0 saturated heterocycles. The first kappa shape index (κ1) is 22.1. The Morgan fingerprint density at radius 1 is 1.12 bits per heavy atom. The Labute approximate surface area is 196 Å². The zero-order valence-corrected chi connectivity index (χ0v) is 19.6. The Morgan fingerprint density at radius 3 is 2.67 bits per heavy atom. The summed E-state index contributed by atoms with van der Waals surface area (Å²) in [7, 11) is 0. The number of fused-ring (bicyclic) bond motifs is 1. The molecule has 1 saturated carbocycles. The SMILES string of the molecule is CC(CCN1CC=C(c2cc3ccccc3o2)CC1)(C(=O)C1CCCCC1)c1ccccn1. The molecule has 33 heavy (non-hydrogen) atoms. The molecule has 0 bridgehead atoms. The largest absolute Gasteiger partial charge is 0.456 e. The molecule has 3 aromatic rings. The number of para-hydroxylation sites is 1. The molecule has 2 aromatic heterocycles. The Kier molecular flexibility index (Phi) is 6.45. The van der Waals surface area contributed by atoms with E-state index in [1.54, 1.807) is 0 Å². The predicted octanol–water partition coefficient (Wildman–Crippen LogP) is 6.41. The highest BCUT2D eigenvalue weighted by Gasteiger charge is 2.40. The molecule has 0 spiro atoms. The summed E-state index contributed by atoms with van der Waals surface area (Å²) >= 11 is 0. The lowest BCUT2D eigenvalue weighted by Crippen LogP contribution is -2.42. The smallest absolute Gasteiger partial charge is 0.147 e. The van der Waals surface area contributed by atoms with Crippen LogP contribution >= 0.6 is 0 Å². The highest BCUT2D eigenvalue weighted by molar-refractivity contribution is 5.91. The fourth-order valence-electron chi connectivity index (χ4n) is 5.54. The molecule has 2 aliphatic rings. The van der Waals surface area contributed by atoms with Crippen molar-refractivity contribution in [1.29, 1.82) is 0 Å². The van der Waals surface area contributed by atoms with E-state index >= 15 is 0 Å². The first-order valence-electron chi connectivity index (χ1n) is 12.5. The second-order valence-electron chi connectivity index (χ2n) is 9.92. The van der Waals surface area contributed by atoms with Crippen molar-refractivity contribution in [3.63, 3.8) is 0 Å². The van der Waals surface area contributed by atoms with Crippen molar-refractivity contribution in [2.45, 2.75) is 57.3 Å². The summed E-state index contributed by atoms with van der Waals surface area (Å²) in [5.41, 5.74) is 2.64. The fraction of sp³-hybridized carbons (Fsp3) is 0.448. The molecule has 1 fully saturated rings. The van der Waals surface area contributed by atoms with Crippen molar-refractivity contribution >= 4 is 22.3 Å². The summed E-state index contributed by atoms with van der Waals surface area (Å²) in [4.78, 5) is 20.8. The normalized spacial score (nSPS) is 19.8. The molecule has 1 aromatic carbocycles. The zero-order chi connectivity index (χ0) is 22.7.